The molecule has 0 atom stereocenters. The zero-order chi connectivity index (χ0) is 37.1. The van der Waals surface area contributed by atoms with E-state index in [-0.39, 0.29) is 40.3 Å². The van der Waals surface area contributed by atoms with E-state index in [0.717, 1.165) is 36.1 Å². The van der Waals surface area contributed by atoms with Gasteiger partial charge in [0.1, 0.15) is 0 Å². The van der Waals surface area contributed by atoms with Gasteiger partial charge in [0.25, 0.3) is 9.05 Å². The van der Waals surface area contributed by atoms with Crippen LogP contribution in [0.3, 0.4) is 0 Å². The van der Waals surface area contributed by atoms with Gasteiger partial charge in [0.05, 0.1) is 24.0 Å². The number of amides is 1. The molecule has 0 spiro atoms. The third kappa shape index (κ3) is 11.3. The fourth-order valence-corrected chi connectivity index (χ4v) is 6.03. The molecule has 0 fully saturated rings. The van der Waals surface area contributed by atoms with Crippen molar-refractivity contribution in [3.63, 3.8) is 0 Å². The highest BCUT2D eigenvalue weighted by Gasteiger charge is 2.18. The van der Waals surface area contributed by atoms with Crippen molar-refractivity contribution in [2.24, 2.45) is 0 Å². The van der Waals surface area contributed by atoms with Crippen LogP contribution in [0, 0.1) is 11.6 Å². The summed E-state index contributed by atoms with van der Waals surface area (Å²) in [5, 5.41) is 2.46. The minimum absolute atomic E-state index is 0.0112. The number of methoxy groups -OCH3 is 2. The molecule has 1 amide bonds. The van der Waals surface area contributed by atoms with E-state index in [1.54, 1.807) is 24.3 Å². The Kier molecular flexibility index (Phi) is 14.4. The standard InChI is InChI=1S/C19H23FN2O5S.C15H14ClFO4S/c1-4-14-5-7-18(19(11-14)26-3)27-17-8-6-15(12-16(17)20)28(24,25)22-10-9-21-13(2)23;1-3-10-4-6-14(15(8-10)20-2)21-13-7-5-11(9-12(13)17)22(16,18)19/h5-8,11-12,22H,4,9-10H2,1-3H3,(H,21,23);4-9H,3H2,1-2H3. The number of rotatable bonds is 14. The molecule has 4 aromatic carbocycles. The maximum Gasteiger partial charge on any atom is 0.261 e. The fraction of sp³-hybridized carbons (Fsp3) is 0.265. The Balaban J connectivity index is 0.000000278. The number of halogens is 3. The number of carbonyl (C=O) groups is 1. The molecule has 0 radical (unpaired) electrons. The number of hydrogen-bond acceptors (Lipinski definition) is 9. The first-order valence-corrected chi connectivity index (χ1v) is 18.9. The Morgan fingerprint density at radius 2 is 1.10 bits per heavy atom. The molecular formula is C34H37ClF2N2O9S2. The summed E-state index contributed by atoms with van der Waals surface area (Å²) in [5.41, 5.74) is 2.09. The van der Waals surface area contributed by atoms with Crippen molar-refractivity contribution in [2.75, 3.05) is 27.3 Å². The van der Waals surface area contributed by atoms with Crippen molar-refractivity contribution < 1.29 is 49.4 Å². The van der Waals surface area contributed by atoms with Crippen molar-refractivity contribution in [1.82, 2.24) is 10.0 Å². The van der Waals surface area contributed by atoms with Crippen LogP contribution >= 0.6 is 10.7 Å². The summed E-state index contributed by atoms with van der Waals surface area (Å²) in [4.78, 5) is 10.2. The first kappa shape index (κ1) is 40.0. The average molecular weight is 755 g/mol. The number of aryl methyl sites for hydroxylation is 2. The van der Waals surface area contributed by atoms with Crippen LogP contribution < -0.4 is 29.0 Å². The predicted molar refractivity (Wildman–Crippen MR) is 185 cm³/mol. The van der Waals surface area contributed by atoms with Crippen LogP contribution in [0.2, 0.25) is 0 Å². The SMILES string of the molecule is CCc1ccc(Oc2ccc(S(=O)(=O)Cl)cc2F)c(OC)c1.CCc1ccc(Oc2ccc(S(=O)(=O)NCCNC(C)=O)cc2F)c(OC)c1. The molecule has 11 nitrogen and oxygen atoms in total. The Hall–Kier alpha value is -4.44. The second kappa shape index (κ2) is 18.0. The molecule has 0 aliphatic heterocycles. The van der Waals surface area contributed by atoms with Crippen molar-refractivity contribution in [2.45, 2.75) is 43.4 Å². The van der Waals surface area contributed by atoms with Gasteiger partial charge >= 0.3 is 0 Å². The van der Waals surface area contributed by atoms with Gasteiger partial charge in [-0.3, -0.25) is 4.79 Å². The van der Waals surface area contributed by atoms with Gasteiger partial charge in [0.15, 0.2) is 46.1 Å². The lowest BCUT2D eigenvalue weighted by atomic mass is 10.1. The number of sulfonamides is 1. The minimum Gasteiger partial charge on any atom is -0.493 e. The van der Waals surface area contributed by atoms with E-state index in [1.165, 1.54) is 45.4 Å². The molecule has 0 aromatic heterocycles. The molecular weight excluding hydrogens is 718 g/mol. The molecule has 0 heterocycles. The number of hydrogen-bond donors (Lipinski definition) is 2. The first-order chi connectivity index (χ1) is 23.6. The number of ether oxygens (including phenoxy) is 4. The van der Waals surface area contributed by atoms with Gasteiger partial charge in [-0.15, -0.1) is 0 Å². The largest absolute Gasteiger partial charge is 0.493 e. The molecule has 50 heavy (non-hydrogen) atoms. The third-order valence-corrected chi connectivity index (χ3v) is 9.71. The third-order valence-electron chi connectivity index (χ3n) is 6.90. The number of benzene rings is 4. The molecule has 0 saturated heterocycles. The van der Waals surface area contributed by atoms with Crippen LogP contribution in [-0.2, 0) is 36.7 Å². The maximum atomic E-state index is 14.4. The van der Waals surface area contributed by atoms with Gasteiger partial charge in [-0.1, -0.05) is 26.0 Å². The minimum atomic E-state index is -3.98. The van der Waals surface area contributed by atoms with Gasteiger partial charge in [0.2, 0.25) is 15.9 Å². The molecule has 0 unspecified atom stereocenters. The van der Waals surface area contributed by atoms with Crippen molar-refractivity contribution >= 4 is 35.7 Å². The molecule has 4 aromatic rings. The molecule has 16 heteroatoms. The summed E-state index contributed by atoms with van der Waals surface area (Å²) >= 11 is 0. The highest BCUT2D eigenvalue weighted by atomic mass is 35.7. The van der Waals surface area contributed by atoms with Crippen LogP contribution in [0.1, 0.15) is 31.9 Å². The van der Waals surface area contributed by atoms with Gasteiger partial charge in [-0.05, 0) is 84.6 Å². The van der Waals surface area contributed by atoms with E-state index in [0.29, 0.717) is 23.0 Å². The van der Waals surface area contributed by atoms with Crippen molar-refractivity contribution in [3.05, 3.63) is 95.6 Å². The lowest BCUT2D eigenvalue weighted by Crippen LogP contribution is -2.33. The summed E-state index contributed by atoms with van der Waals surface area (Å²) in [6.07, 6.45) is 1.64. The molecule has 270 valence electrons. The van der Waals surface area contributed by atoms with E-state index < -0.39 is 30.7 Å². The van der Waals surface area contributed by atoms with E-state index in [4.69, 9.17) is 29.6 Å². The monoisotopic (exact) mass is 754 g/mol. The Labute approximate surface area is 294 Å². The summed E-state index contributed by atoms with van der Waals surface area (Å²) in [6, 6.07) is 17.2. The fourth-order valence-electron chi connectivity index (χ4n) is 4.22. The van der Waals surface area contributed by atoms with E-state index in [9.17, 15) is 30.4 Å². The summed E-state index contributed by atoms with van der Waals surface area (Å²) in [5.74, 6) is -0.596. The summed E-state index contributed by atoms with van der Waals surface area (Å²) in [7, 11) is 0.244. The van der Waals surface area contributed by atoms with E-state index >= 15 is 0 Å². The summed E-state index contributed by atoms with van der Waals surface area (Å²) < 4.78 is 98.9. The van der Waals surface area contributed by atoms with E-state index in [2.05, 4.69) is 10.0 Å². The highest BCUT2D eigenvalue weighted by molar-refractivity contribution is 8.13. The van der Waals surface area contributed by atoms with Crippen LogP contribution in [-0.4, -0.2) is 50.1 Å². The normalized spacial score (nSPS) is 11.2. The Morgan fingerprint density at radius 1 is 0.660 bits per heavy atom. The average Bonchev–Trinajstić information content (AvgIpc) is 3.08. The highest BCUT2D eigenvalue weighted by Crippen LogP contribution is 2.36. The number of carbonyl (C=O) groups excluding carboxylic acids is 1. The molecule has 2 N–H and O–H groups in total. The predicted octanol–water partition coefficient (Wildman–Crippen LogP) is 6.72. The molecule has 4 rings (SSSR count). The van der Waals surface area contributed by atoms with E-state index in [1.807, 2.05) is 26.0 Å². The zero-order valence-corrected chi connectivity index (χ0v) is 30.3. The van der Waals surface area contributed by atoms with Crippen molar-refractivity contribution in [1.29, 1.82) is 0 Å². The van der Waals surface area contributed by atoms with Crippen LogP contribution in [0.4, 0.5) is 8.78 Å². The van der Waals surface area contributed by atoms with Crippen LogP contribution in [0.15, 0.2) is 82.6 Å². The lowest BCUT2D eigenvalue weighted by Gasteiger charge is -2.13. The van der Waals surface area contributed by atoms with Gasteiger partial charge in [0, 0.05) is 30.7 Å². The maximum absolute atomic E-state index is 14.4. The Morgan fingerprint density at radius 3 is 1.50 bits per heavy atom. The van der Waals surface area contributed by atoms with Gasteiger partial charge in [-0.25, -0.2) is 30.3 Å². The Bertz CT molecular complexity index is 2030. The molecule has 0 saturated carbocycles. The lowest BCUT2D eigenvalue weighted by molar-refractivity contribution is -0.118. The van der Waals surface area contributed by atoms with Crippen LogP contribution in [0.25, 0.3) is 0 Å². The topological polar surface area (TPSA) is 146 Å². The molecule has 0 bridgehead atoms. The molecule has 0 aliphatic carbocycles. The zero-order valence-electron chi connectivity index (χ0n) is 27.9. The molecule has 0 aliphatic rings. The number of nitrogens with one attached hydrogen (secondary N) is 2. The second-order valence-electron chi connectivity index (χ2n) is 10.4. The quantitative estimate of drug-likeness (QED) is 0.106. The second-order valence-corrected chi connectivity index (χ2v) is 14.7. The smallest absolute Gasteiger partial charge is 0.261 e. The van der Waals surface area contributed by atoms with Crippen molar-refractivity contribution in [3.8, 4) is 34.5 Å². The van der Waals surface area contributed by atoms with Gasteiger partial charge in [-0.2, -0.15) is 0 Å². The van der Waals surface area contributed by atoms with Gasteiger partial charge < -0.3 is 24.3 Å². The summed E-state index contributed by atoms with van der Waals surface area (Å²) in [6.45, 7) is 5.45. The van der Waals surface area contributed by atoms with Crippen LogP contribution in [0.5, 0.6) is 34.5 Å². The first-order valence-electron chi connectivity index (χ1n) is 15.1.